The predicted octanol–water partition coefficient (Wildman–Crippen LogP) is 1.08. The Morgan fingerprint density at radius 3 is 2.69 bits per heavy atom. The van der Waals surface area contributed by atoms with E-state index in [-0.39, 0.29) is 11.9 Å². The number of hydrogen-bond acceptors (Lipinski definition) is 5. The Hall–Kier alpha value is -1.59. The van der Waals surface area contributed by atoms with Gasteiger partial charge in [-0.15, -0.1) is 5.10 Å². The van der Waals surface area contributed by atoms with Crippen molar-refractivity contribution in [3.05, 3.63) is 5.82 Å². The van der Waals surface area contributed by atoms with Gasteiger partial charge in [-0.1, -0.05) is 13.8 Å². The van der Waals surface area contributed by atoms with E-state index in [1.54, 1.807) is 6.92 Å². The van der Waals surface area contributed by atoms with Gasteiger partial charge in [-0.05, 0) is 19.3 Å². The van der Waals surface area contributed by atoms with Crippen LogP contribution in [0.15, 0.2) is 0 Å². The number of nitrogen functional groups attached to an aromatic ring is 1. The third kappa shape index (κ3) is 3.22. The number of ether oxygens (including phenoxy) is 1. The topological polar surface area (TPSA) is 93.9 Å². The number of nitrogens with zero attached hydrogens (tertiary/aromatic N) is 2. The van der Waals surface area contributed by atoms with Crippen LogP contribution in [-0.2, 0) is 9.53 Å². The highest BCUT2D eigenvalue weighted by Crippen LogP contribution is 2.22. The smallest absolute Gasteiger partial charge is 0.316 e. The highest BCUT2D eigenvalue weighted by molar-refractivity contribution is 5.77. The quantitative estimate of drug-likeness (QED) is 0.733. The summed E-state index contributed by atoms with van der Waals surface area (Å²) in [7, 11) is 0. The van der Waals surface area contributed by atoms with Gasteiger partial charge in [0.2, 0.25) is 5.95 Å². The lowest BCUT2D eigenvalue weighted by Gasteiger charge is -2.14. The molecule has 16 heavy (non-hydrogen) atoms. The Bertz CT molecular complexity index is 348. The number of carbonyl (C=O) groups excluding carboxylic acids is 1. The first-order chi connectivity index (χ1) is 7.54. The summed E-state index contributed by atoms with van der Waals surface area (Å²) in [5, 5.41) is 6.38. The zero-order valence-corrected chi connectivity index (χ0v) is 9.86. The number of anilines is 1. The molecule has 0 saturated carbocycles. The molecule has 0 aliphatic carbocycles. The van der Waals surface area contributed by atoms with Gasteiger partial charge in [-0.3, -0.25) is 9.89 Å². The first-order valence-corrected chi connectivity index (χ1v) is 5.39. The van der Waals surface area contributed by atoms with E-state index in [1.165, 1.54) is 0 Å². The van der Waals surface area contributed by atoms with Crippen LogP contribution in [0.4, 0.5) is 5.95 Å². The summed E-state index contributed by atoms with van der Waals surface area (Å²) in [5.74, 6) is 0.288. The maximum atomic E-state index is 11.7. The van der Waals surface area contributed by atoms with Gasteiger partial charge >= 0.3 is 5.97 Å². The lowest BCUT2D eigenvalue weighted by molar-refractivity contribution is -0.145. The lowest BCUT2D eigenvalue weighted by atomic mass is 9.96. The van der Waals surface area contributed by atoms with Crippen molar-refractivity contribution < 1.29 is 9.53 Å². The van der Waals surface area contributed by atoms with E-state index in [2.05, 4.69) is 15.2 Å². The Kier molecular flexibility index (Phi) is 4.28. The van der Waals surface area contributed by atoms with Crippen LogP contribution in [0.5, 0.6) is 0 Å². The zero-order chi connectivity index (χ0) is 12.1. The molecule has 0 bridgehead atoms. The second-order valence-corrected chi connectivity index (χ2v) is 4.01. The van der Waals surface area contributed by atoms with E-state index in [9.17, 15) is 4.79 Å². The number of carbonyl (C=O) groups is 1. The first kappa shape index (κ1) is 12.5. The van der Waals surface area contributed by atoms with Crippen LogP contribution >= 0.6 is 0 Å². The van der Waals surface area contributed by atoms with Gasteiger partial charge in [-0.2, -0.15) is 4.98 Å². The highest BCUT2D eigenvalue weighted by atomic mass is 16.5. The lowest BCUT2D eigenvalue weighted by Crippen LogP contribution is -2.19. The molecule has 0 spiro atoms. The normalized spacial score (nSPS) is 12.8. The van der Waals surface area contributed by atoms with Crippen LogP contribution in [0.3, 0.4) is 0 Å². The standard InChI is InChI=1S/C10H18N4O2/c1-4-16-9(15)7(5-6(2)3)8-12-10(11)14-13-8/h6-7H,4-5H2,1-3H3,(H3,11,12,13,14). The number of nitrogens with one attached hydrogen (secondary N) is 1. The molecule has 0 saturated heterocycles. The molecular formula is C10H18N4O2. The van der Waals surface area contributed by atoms with E-state index in [0.29, 0.717) is 24.8 Å². The molecule has 1 aromatic heterocycles. The molecule has 0 fully saturated rings. The molecular weight excluding hydrogens is 208 g/mol. The summed E-state index contributed by atoms with van der Waals surface area (Å²) in [5.41, 5.74) is 5.42. The van der Waals surface area contributed by atoms with E-state index in [0.717, 1.165) is 0 Å². The first-order valence-electron chi connectivity index (χ1n) is 5.39. The minimum Gasteiger partial charge on any atom is -0.465 e. The second-order valence-electron chi connectivity index (χ2n) is 4.01. The van der Waals surface area contributed by atoms with Gasteiger partial charge in [0.05, 0.1) is 6.61 Å². The van der Waals surface area contributed by atoms with Crippen molar-refractivity contribution in [2.75, 3.05) is 12.3 Å². The Balaban J connectivity index is 2.82. The Morgan fingerprint density at radius 2 is 2.25 bits per heavy atom. The third-order valence-electron chi connectivity index (χ3n) is 2.13. The molecule has 3 N–H and O–H groups in total. The van der Waals surface area contributed by atoms with Crippen molar-refractivity contribution in [1.29, 1.82) is 0 Å². The Labute approximate surface area is 94.6 Å². The SMILES string of the molecule is CCOC(=O)C(CC(C)C)c1nc(N)n[nH]1. The Morgan fingerprint density at radius 1 is 1.56 bits per heavy atom. The minimum absolute atomic E-state index is 0.146. The molecule has 1 atom stereocenters. The number of aromatic nitrogens is 3. The number of nitrogens with two attached hydrogens (primary N) is 1. The average Bonchev–Trinajstić information content (AvgIpc) is 2.61. The van der Waals surface area contributed by atoms with Crippen LogP contribution in [0.2, 0.25) is 0 Å². The molecule has 1 rings (SSSR count). The van der Waals surface area contributed by atoms with Crippen molar-refractivity contribution in [1.82, 2.24) is 15.2 Å². The number of rotatable bonds is 5. The summed E-state index contributed by atoms with van der Waals surface area (Å²) in [6.45, 7) is 6.20. The maximum absolute atomic E-state index is 11.7. The molecule has 0 radical (unpaired) electrons. The number of esters is 1. The monoisotopic (exact) mass is 226 g/mol. The fourth-order valence-corrected chi connectivity index (χ4v) is 1.48. The van der Waals surface area contributed by atoms with Gasteiger partial charge in [0.15, 0.2) is 0 Å². The van der Waals surface area contributed by atoms with Crippen molar-refractivity contribution in [2.24, 2.45) is 5.92 Å². The zero-order valence-electron chi connectivity index (χ0n) is 9.86. The number of H-pyrrole nitrogens is 1. The summed E-state index contributed by atoms with van der Waals surface area (Å²) in [6, 6.07) is 0. The number of hydrogen-bond donors (Lipinski definition) is 2. The molecule has 90 valence electrons. The van der Waals surface area contributed by atoms with E-state index < -0.39 is 5.92 Å². The third-order valence-corrected chi connectivity index (χ3v) is 2.13. The van der Waals surface area contributed by atoms with Crippen LogP contribution in [-0.4, -0.2) is 27.8 Å². The largest absolute Gasteiger partial charge is 0.465 e. The van der Waals surface area contributed by atoms with Gasteiger partial charge in [0, 0.05) is 0 Å². The predicted molar refractivity (Wildman–Crippen MR) is 59.6 cm³/mol. The van der Waals surface area contributed by atoms with Crippen molar-refractivity contribution >= 4 is 11.9 Å². The average molecular weight is 226 g/mol. The van der Waals surface area contributed by atoms with Crippen LogP contribution < -0.4 is 5.73 Å². The van der Waals surface area contributed by atoms with Gasteiger partial charge in [0.25, 0.3) is 0 Å². The van der Waals surface area contributed by atoms with E-state index in [4.69, 9.17) is 10.5 Å². The van der Waals surface area contributed by atoms with E-state index >= 15 is 0 Å². The molecule has 0 aromatic carbocycles. The van der Waals surface area contributed by atoms with Crippen LogP contribution in [0.25, 0.3) is 0 Å². The van der Waals surface area contributed by atoms with Crippen molar-refractivity contribution in [2.45, 2.75) is 33.1 Å². The highest BCUT2D eigenvalue weighted by Gasteiger charge is 2.26. The van der Waals surface area contributed by atoms with Gasteiger partial charge in [0.1, 0.15) is 11.7 Å². The fourth-order valence-electron chi connectivity index (χ4n) is 1.48. The van der Waals surface area contributed by atoms with Crippen LogP contribution in [0.1, 0.15) is 38.9 Å². The summed E-state index contributed by atoms with van der Waals surface area (Å²) < 4.78 is 5.00. The fraction of sp³-hybridized carbons (Fsp3) is 0.700. The van der Waals surface area contributed by atoms with Crippen LogP contribution in [0, 0.1) is 5.92 Å². The molecule has 0 amide bonds. The van der Waals surface area contributed by atoms with Gasteiger partial charge in [-0.25, -0.2) is 0 Å². The molecule has 0 aliphatic heterocycles. The molecule has 0 aliphatic rings. The summed E-state index contributed by atoms with van der Waals surface area (Å²) in [4.78, 5) is 15.7. The summed E-state index contributed by atoms with van der Waals surface area (Å²) >= 11 is 0. The maximum Gasteiger partial charge on any atom is 0.316 e. The molecule has 6 nitrogen and oxygen atoms in total. The van der Waals surface area contributed by atoms with Crippen molar-refractivity contribution in [3.63, 3.8) is 0 Å². The second kappa shape index (κ2) is 5.48. The molecule has 6 heteroatoms. The number of aromatic amines is 1. The summed E-state index contributed by atoms with van der Waals surface area (Å²) in [6.07, 6.45) is 0.660. The van der Waals surface area contributed by atoms with Crippen molar-refractivity contribution in [3.8, 4) is 0 Å². The van der Waals surface area contributed by atoms with E-state index in [1.807, 2.05) is 13.8 Å². The molecule has 1 heterocycles. The molecule has 1 aromatic rings. The molecule has 1 unspecified atom stereocenters. The van der Waals surface area contributed by atoms with Gasteiger partial charge < -0.3 is 10.5 Å². The minimum atomic E-state index is -0.412.